The molecule has 0 amide bonds. The van der Waals surface area contributed by atoms with Gasteiger partial charge in [0.2, 0.25) is 0 Å². The van der Waals surface area contributed by atoms with Gasteiger partial charge in [0.1, 0.15) is 19.8 Å². The Morgan fingerprint density at radius 1 is 0.544 bits per heavy atom. The van der Waals surface area contributed by atoms with E-state index in [9.17, 15) is 19.0 Å². The molecule has 0 aliphatic heterocycles. The third-order valence-corrected chi connectivity index (χ3v) is 11.2. The molecule has 0 saturated heterocycles. The van der Waals surface area contributed by atoms with Crippen molar-refractivity contribution >= 4 is 19.8 Å². The minimum Gasteiger partial charge on any atom is -0.462 e. The number of rotatable bonds is 43. The van der Waals surface area contributed by atoms with Gasteiger partial charge in [-0.15, -0.1) is 0 Å². The minimum absolute atomic E-state index is 0.0307. The van der Waals surface area contributed by atoms with E-state index in [1.165, 1.54) is 116 Å². The smallest absolute Gasteiger partial charge is 0.462 e. The fourth-order valence-electron chi connectivity index (χ4n) is 6.50. The van der Waals surface area contributed by atoms with Gasteiger partial charge < -0.3 is 18.9 Å². The van der Waals surface area contributed by atoms with Crippen molar-refractivity contribution in [2.45, 2.75) is 219 Å². The molecule has 57 heavy (non-hydrogen) atoms. The number of carbonyl (C=O) groups excluding carboxylic acids is 2. The largest absolute Gasteiger partial charge is 0.472 e. The maximum absolute atomic E-state index is 12.7. The number of quaternary nitrogens is 1. The molecule has 10 heteroatoms. The lowest BCUT2D eigenvalue weighted by Gasteiger charge is -2.24. The molecular weight excluding hydrogens is 737 g/mol. The Morgan fingerprint density at radius 2 is 0.965 bits per heavy atom. The van der Waals surface area contributed by atoms with E-state index in [0.29, 0.717) is 23.9 Å². The number of nitrogens with zero attached hydrogens (tertiary/aromatic N) is 1. The molecule has 0 aromatic carbocycles. The van der Waals surface area contributed by atoms with Crippen LogP contribution in [0.15, 0.2) is 24.3 Å². The molecule has 0 spiro atoms. The van der Waals surface area contributed by atoms with Crippen molar-refractivity contribution in [1.82, 2.24) is 0 Å². The molecule has 2 atom stereocenters. The van der Waals surface area contributed by atoms with E-state index in [1.54, 1.807) is 0 Å². The Hall–Kier alpha value is -1.51. The van der Waals surface area contributed by atoms with Crippen molar-refractivity contribution in [3.63, 3.8) is 0 Å². The molecule has 1 unspecified atom stereocenters. The van der Waals surface area contributed by atoms with Gasteiger partial charge in [0, 0.05) is 12.8 Å². The van der Waals surface area contributed by atoms with E-state index in [0.717, 1.165) is 64.2 Å². The van der Waals surface area contributed by atoms with E-state index >= 15 is 0 Å². The Bertz CT molecular complexity index is 1030. The summed E-state index contributed by atoms with van der Waals surface area (Å²) in [4.78, 5) is 35.4. The standard InChI is InChI=1S/C47H90NO8P/c1-6-8-10-12-14-16-18-20-22-23-24-25-26-28-29-31-33-35-37-39-46(49)53-43-45(44-55-57(51,52)54-42-41-48(3,4)5)56-47(50)40-38-36-34-32-30-27-21-19-17-15-13-11-9-7-2/h13,15,19,21,45H,6-12,14,16-18,20,22-44H2,1-5H3/p+1/b15-13-,21-19-/t45-/m1/s1. The van der Waals surface area contributed by atoms with Crippen molar-refractivity contribution in [2.24, 2.45) is 0 Å². The number of hydrogen-bond donors (Lipinski definition) is 1. The Labute approximate surface area is 351 Å². The fourth-order valence-corrected chi connectivity index (χ4v) is 7.24. The summed E-state index contributed by atoms with van der Waals surface area (Å²) >= 11 is 0. The lowest BCUT2D eigenvalue weighted by atomic mass is 10.0. The molecular formula is C47H91NO8P+. The molecule has 0 fully saturated rings. The summed E-state index contributed by atoms with van der Waals surface area (Å²) in [5, 5.41) is 0. The average Bonchev–Trinajstić information content (AvgIpc) is 3.16. The fraction of sp³-hybridized carbons (Fsp3) is 0.872. The molecule has 0 heterocycles. The summed E-state index contributed by atoms with van der Waals surface area (Å²) < 4.78 is 34.3. The van der Waals surface area contributed by atoms with Crippen LogP contribution < -0.4 is 0 Å². The summed E-state index contributed by atoms with van der Waals surface area (Å²) in [6.07, 6.45) is 43.7. The van der Waals surface area contributed by atoms with Gasteiger partial charge in [-0.25, -0.2) is 4.57 Å². The zero-order chi connectivity index (χ0) is 42.1. The third kappa shape index (κ3) is 43.9. The molecule has 9 nitrogen and oxygen atoms in total. The van der Waals surface area contributed by atoms with Crippen molar-refractivity contribution in [3.8, 4) is 0 Å². The molecule has 0 aromatic heterocycles. The highest BCUT2D eigenvalue weighted by atomic mass is 31.2. The van der Waals surface area contributed by atoms with Crippen LogP contribution in [0, 0.1) is 0 Å². The average molecular weight is 829 g/mol. The highest BCUT2D eigenvalue weighted by Gasteiger charge is 2.27. The molecule has 0 radical (unpaired) electrons. The lowest BCUT2D eigenvalue weighted by molar-refractivity contribution is -0.870. The monoisotopic (exact) mass is 829 g/mol. The van der Waals surface area contributed by atoms with Gasteiger partial charge >= 0.3 is 19.8 Å². The number of allylic oxidation sites excluding steroid dienone is 4. The van der Waals surface area contributed by atoms with Crippen LogP contribution in [0.2, 0.25) is 0 Å². The van der Waals surface area contributed by atoms with E-state index in [4.69, 9.17) is 18.5 Å². The maximum Gasteiger partial charge on any atom is 0.472 e. The van der Waals surface area contributed by atoms with Crippen LogP contribution in [-0.4, -0.2) is 74.9 Å². The van der Waals surface area contributed by atoms with Gasteiger partial charge in [0.25, 0.3) is 0 Å². The molecule has 0 aliphatic rings. The second-order valence-corrected chi connectivity index (χ2v) is 18.6. The van der Waals surface area contributed by atoms with Gasteiger partial charge in [-0.05, 0) is 38.5 Å². The first-order valence-electron chi connectivity index (χ1n) is 23.6. The van der Waals surface area contributed by atoms with E-state index in [2.05, 4.69) is 38.2 Å². The van der Waals surface area contributed by atoms with E-state index in [1.807, 2.05) is 21.1 Å². The summed E-state index contributed by atoms with van der Waals surface area (Å²) in [5.74, 6) is -0.806. The van der Waals surface area contributed by atoms with Crippen LogP contribution >= 0.6 is 7.82 Å². The second kappa shape index (κ2) is 39.9. The lowest BCUT2D eigenvalue weighted by Crippen LogP contribution is -2.37. The van der Waals surface area contributed by atoms with Crippen LogP contribution in [0.5, 0.6) is 0 Å². The van der Waals surface area contributed by atoms with Gasteiger partial charge in [-0.3, -0.25) is 18.6 Å². The predicted molar refractivity (Wildman–Crippen MR) is 238 cm³/mol. The van der Waals surface area contributed by atoms with Crippen molar-refractivity contribution in [2.75, 3.05) is 47.5 Å². The number of unbranched alkanes of at least 4 members (excludes halogenated alkanes) is 25. The molecule has 0 rings (SSSR count). The zero-order valence-corrected chi connectivity index (χ0v) is 38.7. The quantitative estimate of drug-likeness (QED) is 0.0213. The number of esters is 2. The van der Waals surface area contributed by atoms with Gasteiger partial charge in [0.15, 0.2) is 6.10 Å². The maximum atomic E-state index is 12.7. The Morgan fingerprint density at radius 3 is 1.44 bits per heavy atom. The van der Waals surface area contributed by atoms with Crippen LogP contribution in [0.25, 0.3) is 0 Å². The first kappa shape index (κ1) is 55.5. The molecule has 0 aromatic rings. The molecule has 0 aliphatic carbocycles. The predicted octanol–water partition coefficient (Wildman–Crippen LogP) is 13.5. The molecule has 0 bridgehead atoms. The molecule has 336 valence electrons. The number of hydrogen-bond acceptors (Lipinski definition) is 7. The number of likely N-dealkylation sites (N-methyl/N-ethyl adjacent to an activating group) is 1. The van der Waals surface area contributed by atoms with Crippen molar-refractivity contribution in [3.05, 3.63) is 24.3 Å². The van der Waals surface area contributed by atoms with Gasteiger partial charge in [0.05, 0.1) is 27.7 Å². The molecule has 1 N–H and O–H groups in total. The van der Waals surface area contributed by atoms with Crippen molar-refractivity contribution in [1.29, 1.82) is 0 Å². The van der Waals surface area contributed by atoms with E-state index in [-0.39, 0.29) is 25.6 Å². The topological polar surface area (TPSA) is 108 Å². The number of phosphoric ester groups is 1. The minimum atomic E-state index is -4.38. The van der Waals surface area contributed by atoms with Crippen LogP contribution in [0.3, 0.4) is 0 Å². The summed E-state index contributed by atoms with van der Waals surface area (Å²) in [6.45, 7) is 4.39. The first-order valence-corrected chi connectivity index (χ1v) is 25.1. The third-order valence-electron chi connectivity index (χ3n) is 10.2. The van der Waals surface area contributed by atoms with Crippen molar-refractivity contribution < 1.29 is 42.1 Å². The van der Waals surface area contributed by atoms with Gasteiger partial charge in [-0.2, -0.15) is 0 Å². The summed E-state index contributed by atoms with van der Waals surface area (Å²) in [5.41, 5.74) is 0. The second-order valence-electron chi connectivity index (χ2n) is 17.1. The summed E-state index contributed by atoms with van der Waals surface area (Å²) in [6, 6.07) is 0. The number of phosphoric acid groups is 1. The highest BCUT2D eigenvalue weighted by molar-refractivity contribution is 7.47. The van der Waals surface area contributed by atoms with Crippen LogP contribution in [-0.2, 0) is 32.7 Å². The highest BCUT2D eigenvalue weighted by Crippen LogP contribution is 2.43. The number of ether oxygens (including phenoxy) is 2. The Balaban J connectivity index is 4.27. The normalized spacial score (nSPS) is 13.7. The van der Waals surface area contributed by atoms with Gasteiger partial charge in [-0.1, -0.05) is 186 Å². The SMILES string of the molecule is CCCC/C=C\C/C=C\CCCCCCCC(=O)O[C@H](COC(=O)CCCCCCCCCCCCCCCCCCCCC)COP(=O)(O)OCC[N+](C)(C)C. The number of carbonyl (C=O) groups is 2. The Kier molecular flexibility index (Phi) is 38.9. The van der Waals surface area contributed by atoms with Crippen LogP contribution in [0.4, 0.5) is 0 Å². The molecule has 0 saturated carbocycles. The zero-order valence-electron chi connectivity index (χ0n) is 37.8. The van der Waals surface area contributed by atoms with Crippen LogP contribution in [0.1, 0.15) is 213 Å². The first-order chi connectivity index (χ1) is 27.5. The van der Waals surface area contributed by atoms with E-state index < -0.39 is 26.5 Å². The summed E-state index contributed by atoms with van der Waals surface area (Å²) in [7, 11) is 1.47.